The van der Waals surface area contributed by atoms with Crippen LogP contribution in [0.2, 0.25) is 5.02 Å². The van der Waals surface area contributed by atoms with E-state index >= 15 is 0 Å². The van der Waals surface area contributed by atoms with Crippen molar-refractivity contribution in [1.29, 1.82) is 0 Å². The van der Waals surface area contributed by atoms with E-state index in [0.717, 1.165) is 4.90 Å². The van der Waals surface area contributed by atoms with Crippen LogP contribution in [0.3, 0.4) is 0 Å². The molecule has 30 heavy (non-hydrogen) atoms. The summed E-state index contributed by atoms with van der Waals surface area (Å²) < 4.78 is 5.18. The van der Waals surface area contributed by atoms with E-state index in [9.17, 15) is 19.2 Å². The van der Waals surface area contributed by atoms with Crippen molar-refractivity contribution < 1.29 is 23.9 Å². The lowest BCUT2D eigenvalue weighted by molar-refractivity contribution is -0.122. The number of ether oxygens (including phenoxy) is 1. The highest BCUT2D eigenvalue weighted by atomic mass is 35.5. The maximum atomic E-state index is 12.9. The summed E-state index contributed by atoms with van der Waals surface area (Å²) in [6.07, 6.45) is 4.82. The fraction of sp³-hybridized carbons (Fsp3) is 0.217. The van der Waals surface area contributed by atoms with Gasteiger partial charge in [0.15, 0.2) is 12.4 Å². The number of Topliss-reactive ketones (excluding diaryl/α,β-unsaturated/α-hetero) is 1. The lowest BCUT2D eigenvalue weighted by Gasteiger charge is -2.18. The fourth-order valence-electron chi connectivity index (χ4n) is 3.81. The molecule has 7 heteroatoms. The number of esters is 1. The number of fused-ring (bicyclic) bond motifs is 1. The second-order valence-corrected chi connectivity index (χ2v) is 7.63. The van der Waals surface area contributed by atoms with Crippen LogP contribution in [0.5, 0.6) is 0 Å². The number of hydrogen-bond donors (Lipinski definition) is 0. The van der Waals surface area contributed by atoms with Gasteiger partial charge in [0.05, 0.1) is 23.1 Å². The molecule has 1 aliphatic carbocycles. The summed E-state index contributed by atoms with van der Waals surface area (Å²) in [4.78, 5) is 51.7. The Morgan fingerprint density at radius 3 is 2.17 bits per heavy atom. The smallest absolute Gasteiger partial charge is 0.340 e. The molecule has 2 aliphatic rings. The molecule has 0 radical (unpaired) electrons. The maximum Gasteiger partial charge on any atom is 0.340 e. The molecule has 0 unspecified atom stereocenters. The van der Waals surface area contributed by atoms with Gasteiger partial charge in [-0.05, 0) is 49.2 Å². The number of rotatable bonds is 5. The monoisotopic (exact) mass is 423 g/mol. The van der Waals surface area contributed by atoms with Gasteiger partial charge in [0.25, 0.3) is 0 Å². The number of carbonyl (C=O) groups excluding carboxylic acids is 4. The van der Waals surface area contributed by atoms with E-state index in [-0.39, 0.29) is 28.8 Å². The average molecular weight is 424 g/mol. The highest BCUT2D eigenvalue weighted by Gasteiger charge is 2.48. The van der Waals surface area contributed by atoms with Gasteiger partial charge in [-0.25, -0.2) is 9.69 Å². The predicted molar refractivity (Wildman–Crippen MR) is 110 cm³/mol. The molecule has 152 valence electrons. The largest absolute Gasteiger partial charge is 0.454 e. The van der Waals surface area contributed by atoms with Crippen molar-refractivity contribution in [2.45, 2.75) is 12.8 Å². The average Bonchev–Trinajstić information content (AvgIpc) is 3.02. The first-order valence-corrected chi connectivity index (χ1v) is 9.93. The van der Waals surface area contributed by atoms with E-state index in [2.05, 4.69) is 0 Å². The second-order valence-electron chi connectivity index (χ2n) is 7.19. The normalized spacial score (nSPS) is 20.2. The number of imide groups is 1. The molecule has 4 rings (SSSR count). The third-order valence-corrected chi connectivity index (χ3v) is 5.62. The highest BCUT2D eigenvalue weighted by molar-refractivity contribution is 6.30. The van der Waals surface area contributed by atoms with E-state index in [1.54, 1.807) is 36.4 Å². The molecular formula is C23H18ClNO5. The van der Waals surface area contributed by atoms with Gasteiger partial charge in [-0.3, -0.25) is 14.4 Å². The fourth-order valence-corrected chi connectivity index (χ4v) is 3.93. The van der Waals surface area contributed by atoms with E-state index in [4.69, 9.17) is 16.3 Å². The molecule has 0 aromatic heterocycles. The maximum absolute atomic E-state index is 12.9. The first-order chi connectivity index (χ1) is 14.5. The lowest BCUT2D eigenvalue weighted by Crippen LogP contribution is -2.32. The van der Waals surface area contributed by atoms with Crippen LogP contribution in [-0.4, -0.2) is 30.2 Å². The van der Waals surface area contributed by atoms with Crippen LogP contribution in [0.15, 0.2) is 60.7 Å². The Kier molecular flexibility index (Phi) is 5.50. The van der Waals surface area contributed by atoms with Gasteiger partial charge in [0, 0.05) is 10.6 Å². The quantitative estimate of drug-likeness (QED) is 0.316. The molecule has 1 fully saturated rings. The molecule has 0 bridgehead atoms. The number of ketones is 1. The van der Waals surface area contributed by atoms with Gasteiger partial charge in [-0.2, -0.15) is 0 Å². The van der Waals surface area contributed by atoms with Crippen molar-refractivity contribution in [2.75, 3.05) is 11.5 Å². The summed E-state index contributed by atoms with van der Waals surface area (Å²) in [5, 5.41) is 0.494. The van der Waals surface area contributed by atoms with Gasteiger partial charge in [0.2, 0.25) is 11.8 Å². The topological polar surface area (TPSA) is 80.8 Å². The van der Waals surface area contributed by atoms with Gasteiger partial charge >= 0.3 is 5.97 Å². The number of benzene rings is 2. The molecule has 2 aromatic carbocycles. The van der Waals surface area contributed by atoms with Crippen molar-refractivity contribution in [3.63, 3.8) is 0 Å². The van der Waals surface area contributed by atoms with Crippen molar-refractivity contribution in [3.8, 4) is 0 Å². The van der Waals surface area contributed by atoms with Gasteiger partial charge in [0.1, 0.15) is 0 Å². The van der Waals surface area contributed by atoms with Crippen LogP contribution >= 0.6 is 11.6 Å². The van der Waals surface area contributed by atoms with Gasteiger partial charge in [-0.15, -0.1) is 0 Å². The third kappa shape index (κ3) is 3.66. The summed E-state index contributed by atoms with van der Waals surface area (Å²) >= 11 is 5.81. The minimum atomic E-state index is -0.776. The Morgan fingerprint density at radius 2 is 1.53 bits per heavy atom. The number of nitrogens with zero attached hydrogens (tertiary/aromatic N) is 1. The SMILES string of the molecule is O=C(COC(=O)c1ccccc1N1C(=O)[C@H]2CC=CC[C@H]2C1=O)c1ccc(Cl)cc1. The summed E-state index contributed by atoms with van der Waals surface area (Å²) in [7, 11) is 0. The van der Waals surface area contributed by atoms with E-state index in [1.165, 1.54) is 12.1 Å². The number of allylic oxidation sites excluding steroid dienone is 2. The summed E-state index contributed by atoms with van der Waals surface area (Å²) in [5.41, 5.74) is 0.613. The number of para-hydroxylation sites is 1. The number of hydrogen-bond acceptors (Lipinski definition) is 5. The minimum absolute atomic E-state index is 0.0645. The van der Waals surface area contributed by atoms with Crippen molar-refractivity contribution in [1.82, 2.24) is 0 Å². The Balaban J connectivity index is 1.52. The zero-order valence-corrected chi connectivity index (χ0v) is 16.7. The van der Waals surface area contributed by atoms with Crippen LogP contribution in [-0.2, 0) is 14.3 Å². The zero-order valence-electron chi connectivity index (χ0n) is 15.9. The minimum Gasteiger partial charge on any atom is -0.454 e. The lowest BCUT2D eigenvalue weighted by atomic mass is 9.85. The van der Waals surface area contributed by atoms with Crippen LogP contribution in [0.4, 0.5) is 5.69 Å². The molecule has 0 saturated carbocycles. The Bertz CT molecular complexity index is 1030. The van der Waals surface area contributed by atoms with E-state index in [1.807, 2.05) is 12.2 Å². The molecular weight excluding hydrogens is 406 g/mol. The molecule has 2 amide bonds. The predicted octanol–water partition coefficient (Wildman–Crippen LogP) is 3.84. The number of anilines is 1. The Hall–Kier alpha value is -3.25. The Morgan fingerprint density at radius 1 is 0.933 bits per heavy atom. The van der Waals surface area contributed by atoms with E-state index in [0.29, 0.717) is 23.4 Å². The number of halogens is 1. The van der Waals surface area contributed by atoms with Crippen molar-refractivity contribution in [3.05, 3.63) is 76.8 Å². The molecule has 2 aromatic rings. The molecule has 0 N–H and O–H groups in total. The van der Waals surface area contributed by atoms with Crippen LogP contribution < -0.4 is 4.90 Å². The van der Waals surface area contributed by atoms with Gasteiger partial charge in [-0.1, -0.05) is 35.9 Å². The van der Waals surface area contributed by atoms with E-state index < -0.39 is 24.4 Å². The second kappa shape index (κ2) is 8.24. The molecule has 6 nitrogen and oxygen atoms in total. The number of amides is 2. The molecule has 2 atom stereocenters. The Labute approximate surface area is 178 Å². The molecule has 0 spiro atoms. The van der Waals surface area contributed by atoms with Crippen LogP contribution in [0.1, 0.15) is 33.6 Å². The summed E-state index contributed by atoms with van der Waals surface area (Å²) in [5.74, 6) is -2.60. The number of carbonyl (C=O) groups is 4. The first kappa shape index (κ1) is 20.0. The standard InChI is InChI=1S/C23H18ClNO5/c24-15-11-9-14(10-12-15)20(26)13-30-23(29)18-7-3-4-8-19(18)25-21(27)16-5-1-2-6-17(16)22(25)28/h1-4,7-12,16-17H,5-6,13H2/t16-,17+. The van der Waals surface area contributed by atoms with Crippen molar-refractivity contribution >= 4 is 40.9 Å². The van der Waals surface area contributed by atoms with Crippen LogP contribution in [0, 0.1) is 11.8 Å². The molecule has 1 aliphatic heterocycles. The summed E-state index contributed by atoms with van der Waals surface area (Å²) in [6.45, 7) is -0.466. The van der Waals surface area contributed by atoms with Gasteiger partial charge < -0.3 is 4.74 Å². The highest BCUT2D eigenvalue weighted by Crippen LogP contribution is 2.38. The zero-order chi connectivity index (χ0) is 21.3. The molecule has 1 saturated heterocycles. The van der Waals surface area contributed by atoms with Crippen molar-refractivity contribution in [2.24, 2.45) is 11.8 Å². The first-order valence-electron chi connectivity index (χ1n) is 9.55. The third-order valence-electron chi connectivity index (χ3n) is 5.37. The summed E-state index contributed by atoms with van der Waals surface area (Å²) in [6, 6.07) is 12.5. The van der Waals surface area contributed by atoms with Crippen LogP contribution in [0.25, 0.3) is 0 Å². The molecule has 1 heterocycles.